The van der Waals surface area contributed by atoms with Crippen molar-refractivity contribution in [3.8, 4) is 5.75 Å². The molecule has 0 saturated carbocycles. The van der Waals surface area contributed by atoms with Crippen LogP contribution >= 0.6 is 23.4 Å². The highest BCUT2D eigenvalue weighted by molar-refractivity contribution is 8.00. The van der Waals surface area contributed by atoms with Crippen LogP contribution in [-0.4, -0.2) is 22.4 Å². The lowest BCUT2D eigenvalue weighted by molar-refractivity contribution is 0.0440. The molecule has 2 heterocycles. The number of benzene rings is 1. The Morgan fingerprint density at radius 1 is 1.53 bits per heavy atom. The van der Waals surface area contributed by atoms with Crippen LogP contribution in [0.1, 0.15) is 30.1 Å². The van der Waals surface area contributed by atoms with E-state index in [4.69, 9.17) is 16.3 Å². The van der Waals surface area contributed by atoms with Crippen LogP contribution in [0, 0.1) is 0 Å². The van der Waals surface area contributed by atoms with Crippen molar-refractivity contribution in [1.82, 2.24) is 0 Å². The highest BCUT2D eigenvalue weighted by atomic mass is 35.5. The fourth-order valence-corrected chi connectivity index (χ4v) is 4.10. The van der Waals surface area contributed by atoms with Crippen molar-refractivity contribution in [2.75, 3.05) is 5.75 Å². The van der Waals surface area contributed by atoms with Crippen LogP contribution in [0.4, 0.5) is 0 Å². The fourth-order valence-electron chi connectivity index (χ4n) is 2.56. The zero-order valence-corrected chi connectivity index (χ0v) is 11.1. The molecule has 2 unspecified atom stereocenters. The van der Waals surface area contributed by atoms with Crippen LogP contribution in [0.3, 0.4) is 0 Å². The molecule has 0 aromatic heterocycles. The van der Waals surface area contributed by atoms with E-state index >= 15 is 0 Å². The number of halogens is 1. The summed E-state index contributed by atoms with van der Waals surface area (Å²) in [4.78, 5) is 12.2. The van der Waals surface area contributed by atoms with E-state index in [0.717, 1.165) is 12.2 Å². The van der Waals surface area contributed by atoms with Crippen molar-refractivity contribution in [3.05, 3.63) is 28.8 Å². The van der Waals surface area contributed by atoms with Crippen molar-refractivity contribution in [2.45, 2.75) is 30.6 Å². The second-order valence-corrected chi connectivity index (χ2v) is 6.56. The van der Waals surface area contributed by atoms with Crippen LogP contribution in [0.15, 0.2) is 18.2 Å². The minimum Gasteiger partial charge on any atom is -0.485 e. The lowest BCUT2D eigenvalue weighted by atomic mass is 9.86. The normalized spacial score (nSPS) is 31.4. The highest BCUT2D eigenvalue weighted by Crippen LogP contribution is 2.46. The third kappa shape index (κ3) is 1.76. The van der Waals surface area contributed by atoms with Gasteiger partial charge in [-0.1, -0.05) is 11.6 Å². The van der Waals surface area contributed by atoms with Gasteiger partial charge in [-0.3, -0.25) is 4.79 Å². The summed E-state index contributed by atoms with van der Waals surface area (Å²) >= 11 is 7.79. The molecular formula is C13H13ClO2S. The second kappa shape index (κ2) is 3.92. The average Bonchev–Trinajstić information content (AvgIpc) is 2.62. The van der Waals surface area contributed by atoms with E-state index in [0.29, 0.717) is 28.0 Å². The molecule has 0 bridgehead atoms. The fraction of sp³-hybridized carbons (Fsp3) is 0.462. The van der Waals surface area contributed by atoms with E-state index in [-0.39, 0.29) is 11.4 Å². The molecule has 0 amide bonds. The predicted molar refractivity (Wildman–Crippen MR) is 70.3 cm³/mol. The molecule has 0 N–H and O–H groups in total. The molecule has 2 aliphatic rings. The first-order valence-corrected chi connectivity index (χ1v) is 7.17. The average molecular weight is 269 g/mol. The Morgan fingerprint density at radius 2 is 2.35 bits per heavy atom. The van der Waals surface area contributed by atoms with Gasteiger partial charge in [0.15, 0.2) is 5.78 Å². The standard InChI is InChI=1S/C13H13ClO2S/c1-8-13(4-5-17-8)7-11(15)10-6-9(14)2-3-12(10)16-13/h2-3,6,8H,4-5,7H2,1H3. The predicted octanol–water partition coefficient (Wildman–Crippen LogP) is 3.57. The first kappa shape index (κ1) is 11.4. The van der Waals surface area contributed by atoms with E-state index in [1.54, 1.807) is 12.1 Å². The van der Waals surface area contributed by atoms with Gasteiger partial charge in [-0.15, -0.1) is 0 Å². The summed E-state index contributed by atoms with van der Waals surface area (Å²) in [7, 11) is 0. The molecule has 90 valence electrons. The quantitative estimate of drug-likeness (QED) is 0.720. The topological polar surface area (TPSA) is 26.3 Å². The monoisotopic (exact) mass is 268 g/mol. The van der Waals surface area contributed by atoms with Gasteiger partial charge < -0.3 is 4.74 Å². The van der Waals surface area contributed by atoms with Crippen molar-refractivity contribution in [2.24, 2.45) is 0 Å². The van der Waals surface area contributed by atoms with E-state index in [1.807, 2.05) is 17.8 Å². The molecule has 1 saturated heterocycles. The Morgan fingerprint density at radius 3 is 3.06 bits per heavy atom. The lowest BCUT2D eigenvalue weighted by Crippen LogP contribution is -2.46. The maximum absolute atomic E-state index is 12.2. The van der Waals surface area contributed by atoms with E-state index in [1.165, 1.54) is 0 Å². The number of thioether (sulfide) groups is 1. The SMILES string of the molecule is CC1SCCC12CC(=O)c1cc(Cl)ccc1O2. The maximum Gasteiger partial charge on any atom is 0.170 e. The van der Waals surface area contributed by atoms with Crippen molar-refractivity contribution in [1.29, 1.82) is 0 Å². The second-order valence-electron chi connectivity index (χ2n) is 4.67. The lowest BCUT2D eigenvalue weighted by Gasteiger charge is -2.37. The molecule has 17 heavy (non-hydrogen) atoms. The number of Topliss-reactive ketones (excluding diaryl/α,β-unsaturated/α-hetero) is 1. The molecule has 0 aliphatic carbocycles. The maximum atomic E-state index is 12.2. The summed E-state index contributed by atoms with van der Waals surface area (Å²) in [5.74, 6) is 1.92. The van der Waals surface area contributed by atoms with Gasteiger partial charge in [0.2, 0.25) is 0 Å². The number of ether oxygens (including phenoxy) is 1. The first-order valence-electron chi connectivity index (χ1n) is 5.74. The number of hydrogen-bond donors (Lipinski definition) is 0. The Hall–Kier alpha value is -0.670. The van der Waals surface area contributed by atoms with E-state index < -0.39 is 0 Å². The van der Waals surface area contributed by atoms with Crippen LogP contribution in [-0.2, 0) is 0 Å². The smallest absolute Gasteiger partial charge is 0.170 e. The molecule has 2 atom stereocenters. The number of hydrogen-bond acceptors (Lipinski definition) is 3. The molecule has 3 rings (SSSR count). The Balaban J connectivity index is 2.04. The largest absolute Gasteiger partial charge is 0.485 e. The van der Waals surface area contributed by atoms with Gasteiger partial charge in [0.1, 0.15) is 11.4 Å². The number of carbonyl (C=O) groups is 1. The van der Waals surface area contributed by atoms with Crippen LogP contribution < -0.4 is 4.74 Å². The molecule has 0 radical (unpaired) electrons. The zero-order valence-electron chi connectivity index (χ0n) is 9.53. The van der Waals surface area contributed by atoms with E-state index in [2.05, 4.69) is 6.92 Å². The Labute approximate surface area is 110 Å². The highest BCUT2D eigenvalue weighted by Gasteiger charge is 2.48. The van der Waals surface area contributed by atoms with Gasteiger partial charge in [0, 0.05) is 10.3 Å². The summed E-state index contributed by atoms with van der Waals surface area (Å²) in [5, 5.41) is 0.959. The zero-order chi connectivity index (χ0) is 12.0. The van der Waals surface area contributed by atoms with Crippen LogP contribution in [0.25, 0.3) is 0 Å². The van der Waals surface area contributed by atoms with Gasteiger partial charge in [-0.05, 0) is 37.3 Å². The first-order chi connectivity index (χ1) is 8.11. The molecule has 1 aromatic rings. The van der Waals surface area contributed by atoms with Crippen molar-refractivity contribution < 1.29 is 9.53 Å². The minimum absolute atomic E-state index is 0.156. The summed E-state index contributed by atoms with van der Waals surface area (Å²) in [6.45, 7) is 2.14. The van der Waals surface area contributed by atoms with Gasteiger partial charge in [-0.2, -0.15) is 11.8 Å². The van der Waals surface area contributed by atoms with Crippen molar-refractivity contribution >= 4 is 29.1 Å². The Kier molecular flexibility index (Phi) is 2.64. The van der Waals surface area contributed by atoms with Gasteiger partial charge in [-0.25, -0.2) is 0 Å². The van der Waals surface area contributed by atoms with Crippen LogP contribution in [0.2, 0.25) is 5.02 Å². The number of rotatable bonds is 0. The molecular weight excluding hydrogens is 256 g/mol. The third-order valence-electron chi connectivity index (χ3n) is 3.65. The third-order valence-corrected chi connectivity index (χ3v) is 5.25. The summed E-state index contributed by atoms with van der Waals surface area (Å²) in [6, 6.07) is 5.30. The van der Waals surface area contributed by atoms with Gasteiger partial charge >= 0.3 is 0 Å². The van der Waals surface area contributed by atoms with Gasteiger partial charge in [0.25, 0.3) is 0 Å². The number of ketones is 1. The van der Waals surface area contributed by atoms with Gasteiger partial charge in [0.05, 0.1) is 12.0 Å². The Bertz CT molecular complexity index is 488. The van der Waals surface area contributed by atoms with Crippen molar-refractivity contribution in [3.63, 3.8) is 0 Å². The summed E-state index contributed by atoms with van der Waals surface area (Å²) < 4.78 is 6.12. The van der Waals surface area contributed by atoms with Crippen LogP contribution in [0.5, 0.6) is 5.75 Å². The molecule has 4 heteroatoms. The molecule has 1 fully saturated rings. The molecule has 1 spiro atoms. The molecule has 2 nitrogen and oxygen atoms in total. The number of carbonyl (C=O) groups excluding carboxylic acids is 1. The summed E-state index contributed by atoms with van der Waals surface area (Å²) in [6.07, 6.45) is 1.43. The number of fused-ring (bicyclic) bond motifs is 1. The molecule has 1 aromatic carbocycles. The van der Waals surface area contributed by atoms with E-state index in [9.17, 15) is 4.79 Å². The molecule has 2 aliphatic heterocycles. The summed E-state index contributed by atoms with van der Waals surface area (Å²) in [5.41, 5.74) is 0.343. The minimum atomic E-state index is -0.289.